The predicted octanol–water partition coefficient (Wildman–Crippen LogP) is 3.68. The number of aryl methyl sites for hydroxylation is 1. The average molecular weight is 310 g/mol. The molecular formula is C15H13N2Y-. The van der Waals surface area contributed by atoms with Crippen molar-refractivity contribution < 1.29 is 32.7 Å². The first kappa shape index (κ1) is 13.4. The molecule has 0 unspecified atom stereocenters. The van der Waals surface area contributed by atoms with Gasteiger partial charge in [-0.25, -0.2) is 0 Å². The molecule has 0 amide bonds. The van der Waals surface area contributed by atoms with Gasteiger partial charge < -0.3 is 5.32 Å². The van der Waals surface area contributed by atoms with E-state index in [0.717, 1.165) is 28.2 Å². The van der Waals surface area contributed by atoms with Crippen molar-refractivity contribution in [1.82, 2.24) is 4.98 Å². The average Bonchev–Trinajstić information content (AvgIpc) is 2.32. The smallest absolute Gasteiger partial charge is 0.125 e. The Morgan fingerprint density at radius 1 is 1.33 bits per heavy atom. The van der Waals surface area contributed by atoms with Gasteiger partial charge in [0.2, 0.25) is 0 Å². The Bertz CT molecular complexity index is 671. The second-order valence-electron chi connectivity index (χ2n) is 4.37. The summed E-state index contributed by atoms with van der Waals surface area (Å²) in [7, 11) is 0. The Hall–Kier alpha value is -0.986. The monoisotopic (exact) mass is 310 g/mol. The summed E-state index contributed by atoms with van der Waals surface area (Å²) in [6.45, 7) is 8.16. The summed E-state index contributed by atoms with van der Waals surface area (Å²) in [5.41, 5.74) is 5.46. The maximum absolute atomic E-state index is 4.61. The van der Waals surface area contributed by atoms with Crippen LogP contribution >= 0.6 is 0 Å². The van der Waals surface area contributed by atoms with E-state index in [1.54, 1.807) is 0 Å². The minimum Gasteiger partial charge on any atom is -0.341 e. The van der Waals surface area contributed by atoms with Crippen LogP contribution in [0.25, 0.3) is 17.0 Å². The molecule has 0 saturated carbocycles. The fraction of sp³-hybridized carbons (Fsp3) is 0.133. The molecule has 0 fully saturated rings. The van der Waals surface area contributed by atoms with E-state index in [1.807, 2.05) is 12.1 Å². The van der Waals surface area contributed by atoms with Gasteiger partial charge in [0.25, 0.3) is 0 Å². The Morgan fingerprint density at radius 2 is 2.11 bits per heavy atom. The first-order valence-corrected chi connectivity index (χ1v) is 5.62. The Labute approximate surface area is 132 Å². The number of allylic oxidation sites excluding steroid dienone is 1. The van der Waals surface area contributed by atoms with Gasteiger partial charge in [0.05, 0.1) is 0 Å². The fourth-order valence-corrected chi connectivity index (χ4v) is 2.15. The van der Waals surface area contributed by atoms with Gasteiger partial charge in [-0.1, -0.05) is 12.1 Å². The van der Waals surface area contributed by atoms with Crippen LogP contribution in [0.5, 0.6) is 0 Å². The largest absolute Gasteiger partial charge is 0.341 e. The standard InChI is InChI=1S/C15H13N2.Y/c1-9-8-13-10(2)12-6-4-5-7-14(12)17-15(13)16-11(9)3;/h4,6-8H,3H2,1-2H3,(H,16,17);/q-1;. The molecule has 1 aromatic carbocycles. The molecule has 0 aliphatic carbocycles. The number of anilines is 1. The molecule has 1 N–H and O–H groups in total. The normalized spacial score (nSPS) is 13.4. The third-order valence-corrected chi connectivity index (χ3v) is 3.24. The molecule has 3 rings (SSSR count). The zero-order valence-electron chi connectivity index (χ0n) is 10.5. The van der Waals surface area contributed by atoms with Crippen LogP contribution in [0.3, 0.4) is 0 Å². The maximum Gasteiger partial charge on any atom is 0.125 e. The number of benzene rings is 1. The van der Waals surface area contributed by atoms with Crippen molar-refractivity contribution in [2.75, 3.05) is 5.32 Å². The molecule has 1 aliphatic heterocycles. The quantitative estimate of drug-likeness (QED) is 0.751. The van der Waals surface area contributed by atoms with E-state index in [9.17, 15) is 0 Å². The van der Waals surface area contributed by atoms with Gasteiger partial charge in [0, 0.05) is 44.0 Å². The Kier molecular flexibility index (Phi) is 3.70. The second-order valence-corrected chi connectivity index (χ2v) is 4.37. The number of aromatic nitrogens is 1. The molecule has 1 aromatic heterocycles. The van der Waals surface area contributed by atoms with Crippen LogP contribution in [0, 0.1) is 13.0 Å². The third kappa shape index (κ3) is 2.04. The predicted molar refractivity (Wildman–Crippen MR) is 71.7 cm³/mol. The van der Waals surface area contributed by atoms with E-state index < -0.39 is 0 Å². The SMILES string of the molecule is C=C1Nc2nc3c[c-]ccc3c(C)c2C=C1C.[Y]. The minimum atomic E-state index is 0. The number of hydrogen-bond donors (Lipinski definition) is 1. The van der Waals surface area contributed by atoms with Crippen molar-refractivity contribution >= 4 is 22.8 Å². The van der Waals surface area contributed by atoms with Crippen molar-refractivity contribution in [2.24, 2.45) is 0 Å². The zero-order valence-corrected chi connectivity index (χ0v) is 13.4. The summed E-state index contributed by atoms with van der Waals surface area (Å²) >= 11 is 0. The van der Waals surface area contributed by atoms with E-state index in [-0.39, 0.29) is 32.7 Å². The number of nitrogens with zero attached hydrogens (tertiary/aromatic N) is 1. The summed E-state index contributed by atoms with van der Waals surface area (Å²) < 4.78 is 0. The molecular weight excluding hydrogens is 297 g/mol. The van der Waals surface area contributed by atoms with Gasteiger partial charge in [-0.3, -0.25) is 4.98 Å². The van der Waals surface area contributed by atoms with E-state index in [2.05, 4.69) is 48.9 Å². The maximum atomic E-state index is 4.61. The van der Waals surface area contributed by atoms with Gasteiger partial charge in [0.15, 0.2) is 0 Å². The molecule has 2 aromatic rings. The van der Waals surface area contributed by atoms with Crippen molar-refractivity contribution in [1.29, 1.82) is 0 Å². The molecule has 18 heavy (non-hydrogen) atoms. The molecule has 2 nitrogen and oxygen atoms in total. The van der Waals surface area contributed by atoms with Gasteiger partial charge in [-0.15, -0.1) is 5.39 Å². The van der Waals surface area contributed by atoms with Gasteiger partial charge in [-0.2, -0.15) is 24.3 Å². The summed E-state index contributed by atoms with van der Waals surface area (Å²) in [5, 5.41) is 4.44. The zero-order chi connectivity index (χ0) is 12.0. The summed E-state index contributed by atoms with van der Waals surface area (Å²) in [6.07, 6.45) is 2.15. The number of pyridine rings is 1. The fourth-order valence-electron chi connectivity index (χ4n) is 2.15. The molecule has 1 radical (unpaired) electrons. The van der Waals surface area contributed by atoms with Crippen LogP contribution in [-0.4, -0.2) is 4.98 Å². The summed E-state index contributed by atoms with van der Waals surface area (Å²) in [5.74, 6) is 0.894. The first-order valence-electron chi connectivity index (χ1n) is 5.62. The number of nitrogens with one attached hydrogen (secondary N) is 1. The Balaban J connectivity index is 0.00000120. The second kappa shape index (κ2) is 4.95. The summed E-state index contributed by atoms with van der Waals surface area (Å²) in [6, 6.07) is 8.96. The van der Waals surface area contributed by atoms with Crippen LogP contribution in [0.15, 0.2) is 36.0 Å². The molecule has 87 valence electrons. The van der Waals surface area contributed by atoms with E-state index in [4.69, 9.17) is 0 Å². The number of hydrogen-bond acceptors (Lipinski definition) is 2. The third-order valence-electron chi connectivity index (χ3n) is 3.24. The van der Waals surface area contributed by atoms with Crippen LogP contribution in [0.4, 0.5) is 5.82 Å². The van der Waals surface area contributed by atoms with Crippen molar-refractivity contribution in [2.45, 2.75) is 13.8 Å². The van der Waals surface area contributed by atoms with Gasteiger partial charge in [-0.05, 0) is 31.0 Å². The molecule has 2 heterocycles. The van der Waals surface area contributed by atoms with Crippen molar-refractivity contribution in [3.8, 4) is 0 Å². The minimum absolute atomic E-state index is 0. The van der Waals surface area contributed by atoms with Gasteiger partial charge >= 0.3 is 0 Å². The summed E-state index contributed by atoms with van der Waals surface area (Å²) in [4.78, 5) is 4.61. The van der Waals surface area contributed by atoms with E-state index >= 15 is 0 Å². The number of rotatable bonds is 0. The van der Waals surface area contributed by atoms with Crippen molar-refractivity contribution in [3.05, 3.63) is 53.2 Å². The van der Waals surface area contributed by atoms with Crippen molar-refractivity contribution in [3.63, 3.8) is 0 Å². The van der Waals surface area contributed by atoms with Crippen LogP contribution < -0.4 is 5.32 Å². The topological polar surface area (TPSA) is 24.9 Å². The molecule has 0 atom stereocenters. The molecule has 0 saturated heterocycles. The van der Waals surface area contributed by atoms with Gasteiger partial charge in [0.1, 0.15) is 5.82 Å². The Morgan fingerprint density at radius 3 is 2.89 bits per heavy atom. The number of fused-ring (bicyclic) bond motifs is 2. The van der Waals surface area contributed by atoms with E-state index in [0.29, 0.717) is 0 Å². The molecule has 1 aliphatic rings. The van der Waals surface area contributed by atoms with Crippen LogP contribution in [0.1, 0.15) is 18.1 Å². The first-order chi connectivity index (χ1) is 8.16. The molecule has 0 bridgehead atoms. The van der Waals surface area contributed by atoms with Crippen LogP contribution in [0.2, 0.25) is 0 Å². The van der Waals surface area contributed by atoms with Crippen LogP contribution in [-0.2, 0) is 32.7 Å². The molecule has 3 heteroatoms. The molecule has 0 spiro atoms. The van der Waals surface area contributed by atoms with E-state index in [1.165, 1.54) is 10.9 Å².